The summed E-state index contributed by atoms with van der Waals surface area (Å²) in [6.45, 7) is 2.35. The number of aliphatic hydroxyl groups is 1. The van der Waals surface area contributed by atoms with Crippen molar-refractivity contribution < 1.29 is 14.3 Å². The van der Waals surface area contributed by atoms with Gasteiger partial charge in [0.15, 0.2) is 0 Å². The summed E-state index contributed by atoms with van der Waals surface area (Å²) < 4.78 is 12.8. The van der Waals surface area contributed by atoms with Crippen LogP contribution in [0.25, 0.3) is 0 Å². The Morgan fingerprint density at radius 3 is 2.47 bits per heavy atom. The van der Waals surface area contributed by atoms with Crippen LogP contribution in [0.5, 0.6) is 0 Å². The zero-order valence-electron chi connectivity index (χ0n) is 11.6. The van der Waals surface area contributed by atoms with Gasteiger partial charge < -0.3 is 15.3 Å². The van der Waals surface area contributed by atoms with Gasteiger partial charge in [-0.05, 0) is 38.7 Å². The van der Waals surface area contributed by atoms with Crippen molar-refractivity contribution in [3.8, 4) is 0 Å². The van der Waals surface area contributed by atoms with Crippen LogP contribution in [0.2, 0.25) is 0 Å². The number of rotatable bonds is 6. The maximum Gasteiger partial charge on any atom is 0.221 e. The monoisotopic (exact) mass is 268 g/mol. The summed E-state index contributed by atoms with van der Waals surface area (Å²) in [5, 5.41) is 12.9. The first-order chi connectivity index (χ1) is 8.81. The number of carbonyl (C=O) groups excluding carboxylic acids is 1. The molecule has 0 saturated heterocycles. The average molecular weight is 268 g/mol. The summed E-state index contributed by atoms with van der Waals surface area (Å²) in [6.07, 6.45) is 0.381. The van der Waals surface area contributed by atoms with Crippen LogP contribution in [0.1, 0.15) is 18.9 Å². The standard InChI is InChI=1S/C14H21FN2O2/c1-14(19,11-4-6-12(15)7-5-11)10-16-13(18)8-9-17(2)3/h4-7,19H,8-10H2,1-3H3,(H,16,18). The molecule has 0 radical (unpaired) electrons. The van der Waals surface area contributed by atoms with E-state index in [2.05, 4.69) is 5.32 Å². The van der Waals surface area contributed by atoms with E-state index in [1.165, 1.54) is 24.3 Å². The summed E-state index contributed by atoms with van der Waals surface area (Å²) >= 11 is 0. The second-order valence-electron chi connectivity index (χ2n) is 5.11. The van der Waals surface area contributed by atoms with Crippen molar-refractivity contribution in [1.29, 1.82) is 0 Å². The van der Waals surface area contributed by atoms with E-state index in [-0.39, 0.29) is 18.3 Å². The Labute approximate surface area is 113 Å². The molecule has 1 aromatic carbocycles. The van der Waals surface area contributed by atoms with E-state index < -0.39 is 5.60 Å². The van der Waals surface area contributed by atoms with Crippen LogP contribution in [0.4, 0.5) is 4.39 Å². The fraction of sp³-hybridized carbons (Fsp3) is 0.500. The van der Waals surface area contributed by atoms with E-state index >= 15 is 0 Å². The first-order valence-electron chi connectivity index (χ1n) is 6.21. The van der Waals surface area contributed by atoms with Gasteiger partial charge in [-0.1, -0.05) is 12.1 Å². The second-order valence-corrected chi connectivity index (χ2v) is 5.11. The van der Waals surface area contributed by atoms with Crippen molar-refractivity contribution in [2.24, 2.45) is 0 Å². The number of halogens is 1. The van der Waals surface area contributed by atoms with Gasteiger partial charge in [0.05, 0.1) is 6.54 Å². The highest BCUT2D eigenvalue weighted by Crippen LogP contribution is 2.19. The highest BCUT2D eigenvalue weighted by molar-refractivity contribution is 5.76. The summed E-state index contributed by atoms with van der Waals surface area (Å²) in [4.78, 5) is 13.5. The lowest BCUT2D eigenvalue weighted by Crippen LogP contribution is -2.39. The molecule has 0 aromatic heterocycles. The number of carbonyl (C=O) groups is 1. The van der Waals surface area contributed by atoms with Gasteiger partial charge in [-0.25, -0.2) is 4.39 Å². The maximum absolute atomic E-state index is 12.8. The fourth-order valence-corrected chi connectivity index (χ4v) is 1.60. The van der Waals surface area contributed by atoms with Crippen LogP contribution >= 0.6 is 0 Å². The minimum absolute atomic E-state index is 0.102. The molecule has 0 fully saturated rings. The van der Waals surface area contributed by atoms with Gasteiger partial charge in [-0.2, -0.15) is 0 Å². The molecule has 106 valence electrons. The molecule has 1 rings (SSSR count). The van der Waals surface area contributed by atoms with E-state index in [0.29, 0.717) is 18.5 Å². The van der Waals surface area contributed by atoms with Crippen LogP contribution in [0.3, 0.4) is 0 Å². The second kappa shape index (κ2) is 6.63. The Morgan fingerprint density at radius 2 is 1.95 bits per heavy atom. The zero-order valence-corrected chi connectivity index (χ0v) is 11.6. The fourth-order valence-electron chi connectivity index (χ4n) is 1.60. The lowest BCUT2D eigenvalue weighted by atomic mass is 9.96. The lowest BCUT2D eigenvalue weighted by molar-refractivity contribution is -0.122. The molecule has 4 nitrogen and oxygen atoms in total. The molecule has 1 amide bonds. The minimum atomic E-state index is -1.21. The van der Waals surface area contributed by atoms with E-state index in [1.54, 1.807) is 6.92 Å². The number of nitrogens with one attached hydrogen (secondary N) is 1. The molecule has 0 aliphatic heterocycles. The Balaban J connectivity index is 2.50. The minimum Gasteiger partial charge on any atom is -0.384 e. The van der Waals surface area contributed by atoms with Crippen LogP contribution in [0.15, 0.2) is 24.3 Å². The molecule has 0 saturated carbocycles. The summed E-state index contributed by atoms with van der Waals surface area (Å²) in [5.74, 6) is -0.467. The quantitative estimate of drug-likeness (QED) is 0.812. The maximum atomic E-state index is 12.8. The van der Waals surface area contributed by atoms with Crippen molar-refractivity contribution in [2.75, 3.05) is 27.2 Å². The van der Waals surface area contributed by atoms with Gasteiger partial charge in [-0.15, -0.1) is 0 Å². The molecule has 0 aliphatic carbocycles. The lowest BCUT2D eigenvalue weighted by Gasteiger charge is -2.24. The summed E-state index contributed by atoms with van der Waals surface area (Å²) in [6, 6.07) is 5.61. The zero-order chi connectivity index (χ0) is 14.5. The van der Waals surface area contributed by atoms with Crippen LogP contribution in [0, 0.1) is 5.82 Å². The number of nitrogens with zero attached hydrogens (tertiary/aromatic N) is 1. The SMILES string of the molecule is CN(C)CCC(=O)NCC(C)(O)c1ccc(F)cc1. The van der Waals surface area contributed by atoms with Gasteiger partial charge in [0.2, 0.25) is 5.91 Å². The van der Waals surface area contributed by atoms with Gasteiger partial charge in [0.25, 0.3) is 0 Å². The molecule has 5 heteroatoms. The van der Waals surface area contributed by atoms with E-state index in [1.807, 2.05) is 19.0 Å². The molecule has 1 unspecified atom stereocenters. The van der Waals surface area contributed by atoms with E-state index in [4.69, 9.17) is 0 Å². The molecule has 2 N–H and O–H groups in total. The molecule has 1 aromatic rings. The third-order valence-corrected chi connectivity index (χ3v) is 2.88. The predicted octanol–water partition coefficient (Wildman–Crippen LogP) is 1.10. The number of amides is 1. The Hall–Kier alpha value is -1.46. The van der Waals surface area contributed by atoms with Crippen molar-refractivity contribution in [3.05, 3.63) is 35.6 Å². The highest BCUT2D eigenvalue weighted by Gasteiger charge is 2.23. The van der Waals surface area contributed by atoms with Crippen LogP contribution in [-0.2, 0) is 10.4 Å². The van der Waals surface area contributed by atoms with Crippen LogP contribution in [-0.4, -0.2) is 43.1 Å². The molecule has 0 bridgehead atoms. The topological polar surface area (TPSA) is 52.6 Å². The predicted molar refractivity (Wildman–Crippen MR) is 72.2 cm³/mol. The third kappa shape index (κ3) is 5.36. The van der Waals surface area contributed by atoms with Crippen LogP contribution < -0.4 is 5.32 Å². The molecule has 1 atom stereocenters. The van der Waals surface area contributed by atoms with E-state index in [0.717, 1.165) is 0 Å². The van der Waals surface area contributed by atoms with Gasteiger partial charge >= 0.3 is 0 Å². The molecular formula is C14H21FN2O2. The third-order valence-electron chi connectivity index (χ3n) is 2.88. The Kier molecular flexibility index (Phi) is 5.44. The normalized spacial score (nSPS) is 14.2. The van der Waals surface area contributed by atoms with Gasteiger partial charge in [0.1, 0.15) is 11.4 Å². The Bertz CT molecular complexity index is 416. The number of benzene rings is 1. The number of hydrogen-bond donors (Lipinski definition) is 2. The van der Waals surface area contributed by atoms with Gasteiger partial charge in [-0.3, -0.25) is 4.79 Å². The van der Waals surface area contributed by atoms with Crippen molar-refractivity contribution in [2.45, 2.75) is 18.9 Å². The van der Waals surface area contributed by atoms with E-state index in [9.17, 15) is 14.3 Å². The van der Waals surface area contributed by atoms with Crippen molar-refractivity contribution >= 4 is 5.91 Å². The summed E-state index contributed by atoms with van der Waals surface area (Å²) in [7, 11) is 3.78. The van der Waals surface area contributed by atoms with Gasteiger partial charge in [0, 0.05) is 13.0 Å². The highest BCUT2D eigenvalue weighted by atomic mass is 19.1. The molecule has 19 heavy (non-hydrogen) atoms. The summed E-state index contributed by atoms with van der Waals surface area (Å²) in [5.41, 5.74) is -0.636. The van der Waals surface area contributed by atoms with Crippen molar-refractivity contribution in [1.82, 2.24) is 10.2 Å². The number of hydrogen-bond acceptors (Lipinski definition) is 3. The van der Waals surface area contributed by atoms with Crippen molar-refractivity contribution in [3.63, 3.8) is 0 Å². The molecular weight excluding hydrogens is 247 g/mol. The first kappa shape index (κ1) is 15.6. The smallest absolute Gasteiger partial charge is 0.221 e. The largest absolute Gasteiger partial charge is 0.384 e. The molecule has 0 spiro atoms. The molecule has 0 heterocycles. The first-order valence-corrected chi connectivity index (χ1v) is 6.21. The Morgan fingerprint density at radius 1 is 1.37 bits per heavy atom. The molecule has 0 aliphatic rings. The average Bonchev–Trinajstić information content (AvgIpc) is 2.34.